The fourth-order valence-electron chi connectivity index (χ4n) is 2.33. The van der Waals surface area contributed by atoms with E-state index in [0.717, 1.165) is 17.8 Å². The third-order valence-electron chi connectivity index (χ3n) is 3.46. The summed E-state index contributed by atoms with van der Waals surface area (Å²) in [5.41, 5.74) is 2.15. The summed E-state index contributed by atoms with van der Waals surface area (Å²) in [6.07, 6.45) is 2.79. The van der Waals surface area contributed by atoms with Gasteiger partial charge >= 0.3 is 0 Å². The van der Waals surface area contributed by atoms with Crippen molar-refractivity contribution in [3.8, 4) is 0 Å². The molecule has 3 nitrogen and oxygen atoms in total. The van der Waals surface area contributed by atoms with Crippen molar-refractivity contribution in [1.82, 2.24) is 9.78 Å². The number of nitrogens with zero attached hydrogens (tertiary/aromatic N) is 2. The molecule has 1 aromatic rings. The maximum Gasteiger partial charge on any atom is 0.0739 e. The van der Waals surface area contributed by atoms with Gasteiger partial charge in [-0.15, -0.1) is 0 Å². The molecule has 0 aliphatic carbocycles. The van der Waals surface area contributed by atoms with Crippen LogP contribution in [0.5, 0.6) is 0 Å². The van der Waals surface area contributed by atoms with Crippen molar-refractivity contribution in [3.05, 3.63) is 17.5 Å². The van der Waals surface area contributed by atoms with Crippen LogP contribution in [0.1, 0.15) is 31.2 Å². The van der Waals surface area contributed by atoms with Crippen molar-refractivity contribution in [2.45, 2.75) is 44.0 Å². The number of thioether (sulfide) groups is 1. The van der Waals surface area contributed by atoms with Gasteiger partial charge < -0.3 is 5.11 Å². The van der Waals surface area contributed by atoms with Gasteiger partial charge in [0.1, 0.15) is 0 Å². The summed E-state index contributed by atoms with van der Waals surface area (Å²) in [7, 11) is 1.94. The predicted molar refractivity (Wildman–Crippen MR) is 67.8 cm³/mol. The summed E-state index contributed by atoms with van der Waals surface area (Å²) in [4.78, 5) is 0. The highest BCUT2D eigenvalue weighted by atomic mass is 32.2. The van der Waals surface area contributed by atoms with E-state index in [2.05, 4.69) is 18.1 Å². The Kier molecular flexibility index (Phi) is 3.31. The van der Waals surface area contributed by atoms with Crippen molar-refractivity contribution in [1.29, 1.82) is 0 Å². The van der Waals surface area contributed by atoms with Crippen LogP contribution in [0.2, 0.25) is 0 Å². The molecule has 0 aromatic carbocycles. The molecule has 1 aromatic heterocycles. The second kappa shape index (κ2) is 4.41. The van der Waals surface area contributed by atoms with Crippen LogP contribution in [0.4, 0.5) is 0 Å². The average Bonchev–Trinajstić information content (AvgIpc) is 2.75. The lowest BCUT2D eigenvalue weighted by atomic mass is 9.95. The van der Waals surface area contributed by atoms with Gasteiger partial charge in [-0.25, -0.2) is 0 Å². The Balaban J connectivity index is 2.07. The first-order valence-corrected chi connectivity index (χ1v) is 6.81. The van der Waals surface area contributed by atoms with Gasteiger partial charge in [0.25, 0.3) is 0 Å². The van der Waals surface area contributed by atoms with Crippen LogP contribution >= 0.6 is 11.8 Å². The molecule has 2 heterocycles. The minimum absolute atomic E-state index is 0.0399. The van der Waals surface area contributed by atoms with Gasteiger partial charge in [-0.05, 0) is 38.5 Å². The van der Waals surface area contributed by atoms with Crippen LogP contribution in [0.25, 0.3) is 0 Å². The summed E-state index contributed by atoms with van der Waals surface area (Å²) in [6, 6.07) is 2.06. The Morgan fingerprint density at radius 3 is 2.94 bits per heavy atom. The zero-order valence-electron chi connectivity index (χ0n) is 10.2. The number of aryl methyl sites for hydroxylation is 2. The SMILES string of the molecule is Cc1cc(CC(O)C2(C)CCCS2)n(C)n1. The lowest BCUT2D eigenvalue weighted by Crippen LogP contribution is -2.35. The first-order chi connectivity index (χ1) is 7.51. The highest BCUT2D eigenvalue weighted by molar-refractivity contribution is 8.00. The number of aromatic nitrogens is 2. The van der Waals surface area contributed by atoms with Gasteiger partial charge in [-0.1, -0.05) is 0 Å². The summed E-state index contributed by atoms with van der Waals surface area (Å²) in [6.45, 7) is 4.17. The molecule has 2 unspecified atom stereocenters. The molecular weight excluding hydrogens is 220 g/mol. The molecule has 0 saturated carbocycles. The van der Waals surface area contributed by atoms with Crippen LogP contribution < -0.4 is 0 Å². The third-order valence-corrected chi connectivity index (χ3v) is 5.08. The molecule has 0 radical (unpaired) electrons. The molecule has 0 bridgehead atoms. The lowest BCUT2D eigenvalue weighted by Gasteiger charge is -2.29. The van der Waals surface area contributed by atoms with E-state index in [-0.39, 0.29) is 10.9 Å². The Morgan fingerprint density at radius 2 is 2.44 bits per heavy atom. The highest BCUT2D eigenvalue weighted by Crippen LogP contribution is 2.41. The van der Waals surface area contributed by atoms with Crippen molar-refractivity contribution in [3.63, 3.8) is 0 Å². The van der Waals surface area contributed by atoms with E-state index in [4.69, 9.17) is 0 Å². The Hall–Kier alpha value is -0.480. The van der Waals surface area contributed by atoms with Gasteiger partial charge in [-0.3, -0.25) is 4.68 Å². The quantitative estimate of drug-likeness (QED) is 0.877. The third kappa shape index (κ3) is 2.28. The fourth-order valence-corrected chi connectivity index (χ4v) is 3.65. The fraction of sp³-hybridized carbons (Fsp3) is 0.750. The van der Waals surface area contributed by atoms with Crippen molar-refractivity contribution in [2.24, 2.45) is 7.05 Å². The van der Waals surface area contributed by atoms with Crippen molar-refractivity contribution >= 4 is 11.8 Å². The number of hydrogen-bond acceptors (Lipinski definition) is 3. The minimum Gasteiger partial charge on any atom is -0.391 e. The largest absolute Gasteiger partial charge is 0.391 e. The molecule has 1 fully saturated rings. The van der Waals surface area contributed by atoms with Crippen LogP contribution in [0.3, 0.4) is 0 Å². The van der Waals surface area contributed by atoms with Gasteiger partial charge in [0.15, 0.2) is 0 Å². The predicted octanol–water partition coefficient (Wildman–Crippen LogP) is 1.92. The molecule has 1 saturated heterocycles. The first-order valence-electron chi connectivity index (χ1n) is 5.83. The maximum atomic E-state index is 10.3. The van der Waals surface area contributed by atoms with E-state index in [1.165, 1.54) is 12.2 Å². The Morgan fingerprint density at radius 1 is 1.69 bits per heavy atom. The summed E-state index contributed by atoms with van der Waals surface area (Å²) < 4.78 is 1.92. The number of hydrogen-bond donors (Lipinski definition) is 1. The zero-order valence-corrected chi connectivity index (χ0v) is 11.0. The molecule has 1 N–H and O–H groups in total. The molecule has 16 heavy (non-hydrogen) atoms. The molecule has 2 atom stereocenters. The van der Waals surface area contributed by atoms with Gasteiger partial charge in [0.2, 0.25) is 0 Å². The second-order valence-corrected chi connectivity index (χ2v) is 6.51. The lowest BCUT2D eigenvalue weighted by molar-refractivity contribution is 0.131. The van der Waals surface area contributed by atoms with Gasteiger partial charge in [0, 0.05) is 23.9 Å². The van der Waals surface area contributed by atoms with Crippen LogP contribution in [0, 0.1) is 6.92 Å². The van der Waals surface area contributed by atoms with E-state index < -0.39 is 0 Å². The standard InChI is InChI=1S/C12H20N2OS/c1-9-7-10(14(3)13-9)8-11(15)12(2)5-4-6-16-12/h7,11,15H,4-6,8H2,1-3H3. The van der Waals surface area contributed by atoms with E-state index in [0.29, 0.717) is 6.42 Å². The topological polar surface area (TPSA) is 38.0 Å². The highest BCUT2D eigenvalue weighted by Gasteiger charge is 2.37. The van der Waals surface area contributed by atoms with E-state index in [1.807, 2.05) is 30.4 Å². The van der Waals surface area contributed by atoms with Crippen molar-refractivity contribution < 1.29 is 5.11 Å². The van der Waals surface area contributed by atoms with Crippen LogP contribution in [-0.4, -0.2) is 31.5 Å². The minimum atomic E-state index is -0.269. The zero-order chi connectivity index (χ0) is 11.8. The molecule has 1 aliphatic rings. The summed E-state index contributed by atoms with van der Waals surface area (Å²) >= 11 is 1.91. The molecule has 90 valence electrons. The molecule has 0 amide bonds. The van der Waals surface area contributed by atoms with Gasteiger partial charge in [-0.2, -0.15) is 16.9 Å². The Bertz CT molecular complexity index is 369. The van der Waals surface area contributed by atoms with E-state index in [9.17, 15) is 5.11 Å². The van der Waals surface area contributed by atoms with E-state index >= 15 is 0 Å². The molecule has 1 aliphatic heterocycles. The Labute approximate surface area is 101 Å². The maximum absolute atomic E-state index is 10.3. The van der Waals surface area contributed by atoms with Crippen LogP contribution in [0.15, 0.2) is 6.07 Å². The molecule has 2 rings (SSSR count). The summed E-state index contributed by atoms with van der Waals surface area (Å²) in [5.74, 6) is 1.18. The molecule has 4 heteroatoms. The number of aliphatic hydroxyl groups excluding tert-OH is 1. The second-order valence-electron chi connectivity index (χ2n) is 4.89. The summed E-state index contributed by atoms with van der Waals surface area (Å²) in [5, 5.41) is 14.6. The van der Waals surface area contributed by atoms with Crippen LogP contribution in [-0.2, 0) is 13.5 Å². The molecule has 0 spiro atoms. The first kappa shape index (κ1) is 12.0. The van der Waals surface area contributed by atoms with Gasteiger partial charge in [0.05, 0.1) is 11.8 Å². The average molecular weight is 240 g/mol. The monoisotopic (exact) mass is 240 g/mol. The smallest absolute Gasteiger partial charge is 0.0739 e. The van der Waals surface area contributed by atoms with E-state index in [1.54, 1.807) is 0 Å². The number of rotatable bonds is 3. The normalized spacial score (nSPS) is 27.2. The van der Waals surface area contributed by atoms with Crippen molar-refractivity contribution in [2.75, 3.05) is 5.75 Å². The number of aliphatic hydroxyl groups is 1. The molecular formula is C12H20N2OS.